The van der Waals surface area contributed by atoms with E-state index in [2.05, 4.69) is 31.1 Å². The van der Waals surface area contributed by atoms with E-state index in [4.69, 9.17) is 4.74 Å². The summed E-state index contributed by atoms with van der Waals surface area (Å²) in [6.07, 6.45) is 3.58. The van der Waals surface area contributed by atoms with Crippen molar-refractivity contribution in [3.8, 4) is 5.75 Å². The molecule has 0 aliphatic carbocycles. The number of carbonyl (C=O) groups is 2. The predicted octanol–water partition coefficient (Wildman–Crippen LogP) is 2.20. The Morgan fingerprint density at radius 2 is 1.76 bits per heavy atom. The van der Waals surface area contributed by atoms with Gasteiger partial charge in [-0.2, -0.15) is 0 Å². The first-order chi connectivity index (χ1) is 16.1. The Morgan fingerprint density at radius 1 is 1.03 bits per heavy atom. The van der Waals surface area contributed by atoms with Crippen molar-refractivity contribution in [1.29, 1.82) is 0 Å². The zero-order valence-electron chi connectivity index (χ0n) is 18.2. The van der Waals surface area contributed by atoms with Crippen LogP contribution in [0.5, 0.6) is 5.75 Å². The van der Waals surface area contributed by atoms with Crippen LogP contribution in [-0.4, -0.2) is 53.7 Å². The maximum Gasteiger partial charge on any atom is 0.227 e. The van der Waals surface area contributed by atoms with E-state index in [1.807, 2.05) is 30.3 Å². The fraction of sp³-hybridized carbons (Fsp3) is 0.261. The van der Waals surface area contributed by atoms with Crippen molar-refractivity contribution in [3.63, 3.8) is 0 Å². The molecule has 1 fully saturated rings. The number of anilines is 4. The maximum atomic E-state index is 12.5. The van der Waals surface area contributed by atoms with Gasteiger partial charge in [0.2, 0.25) is 11.8 Å². The van der Waals surface area contributed by atoms with Gasteiger partial charge in [-0.05, 0) is 48.5 Å². The Balaban J connectivity index is 1.20. The fourth-order valence-electron chi connectivity index (χ4n) is 3.49. The summed E-state index contributed by atoms with van der Waals surface area (Å²) in [6, 6.07) is 14.5. The smallest absolute Gasteiger partial charge is 0.227 e. The first kappa shape index (κ1) is 22.0. The molecule has 0 spiro atoms. The number of benzene rings is 1. The zero-order valence-corrected chi connectivity index (χ0v) is 18.2. The number of hydrogen-bond donors (Lipinski definition) is 3. The minimum absolute atomic E-state index is 0.0609. The monoisotopic (exact) mass is 447 g/mol. The first-order valence-corrected chi connectivity index (χ1v) is 10.6. The van der Waals surface area contributed by atoms with E-state index in [0.29, 0.717) is 31.3 Å². The molecular formula is C23H25N7O3. The molecular weight excluding hydrogens is 422 g/mol. The van der Waals surface area contributed by atoms with Crippen molar-refractivity contribution in [2.75, 3.05) is 42.3 Å². The molecule has 3 N–H and O–H groups in total. The highest BCUT2D eigenvalue weighted by Gasteiger charge is 2.34. The first-order valence-electron chi connectivity index (χ1n) is 10.6. The van der Waals surface area contributed by atoms with Crippen LogP contribution in [0.3, 0.4) is 0 Å². The normalized spacial score (nSPS) is 15.2. The highest BCUT2D eigenvalue weighted by atomic mass is 16.5. The van der Waals surface area contributed by atoms with Crippen LogP contribution in [0.2, 0.25) is 0 Å². The lowest BCUT2D eigenvalue weighted by molar-refractivity contribution is -0.126. The molecule has 2 aromatic heterocycles. The summed E-state index contributed by atoms with van der Waals surface area (Å²) in [6.45, 7) is 1.26. The number of carbonyl (C=O) groups excluding carboxylic acids is 2. The minimum Gasteiger partial charge on any atom is -0.497 e. The van der Waals surface area contributed by atoms with Gasteiger partial charge in [0.1, 0.15) is 11.6 Å². The van der Waals surface area contributed by atoms with Crippen LogP contribution in [0.1, 0.15) is 6.42 Å². The third-order valence-corrected chi connectivity index (χ3v) is 5.23. The van der Waals surface area contributed by atoms with Gasteiger partial charge in [-0.3, -0.25) is 14.6 Å². The third-order valence-electron chi connectivity index (χ3n) is 5.23. The number of hydrogen-bond acceptors (Lipinski definition) is 8. The standard InChI is InChI=1S/C23H25N7O3/c1-33-19-4-2-18(3-5-19)30-15-16(14-22(30)31)23(32)26-13-12-25-20-6-7-21(29-28-20)27-17-8-10-24-11-9-17/h2-11,16H,12-15H2,1H3,(H,25,28)(H,26,32)(H,24,27,29)/t16-/m0/s1. The minimum atomic E-state index is -0.377. The van der Waals surface area contributed by atoms with Gasteiger partial charge in [-0.1, -0.05) is 0 Å². The van der Waals surface area contributed by atoms with Crippen molar-refractivity contribution in [3.05, 3.63) is 60.9 Å². The van der Waals surface area contributed by atoms with Crippen molar-refractivity contribution in [1.82, 2.24) is 20.5 Å². The second-order valence-corrected chi connectivity index (χ2v) is 7.49. The summed E-state index contributed by atoms with van der Waals surface area (Å²) in [5, 5.41) is 17.4. The average molecular weight is 447 g/mol. The van der Waals surface area contributed by atoms with Crippen molar-refractivity contribution in [2.24, 2.45) is 5.92 Å². The molecule has 10 heteroatoms. The molecule has 1 aliphatic rings. The average Bonchev–Trinajstić information content (AvgIpc) is 3.25. The fourth-order valence-corrected chi connectivity index (χ4v) is 3.49. The van der Waals surface area contributed by atoms with Gasteiger partial charge in [-0.25, -0.2) is 0 Å². The van der Waals surface area contributed by atoms with E-state index in [1.165, 1.54) is 0 Å². The van der Waals surface area contributed by atoms with E-state index in [9.17, 15) is 9.59 Å². The number of pyridine rings is 1. The van der Waals surface area contributed by atoms with E-state index in [1.54, 1.807) is 42.6 Å². The van der Waals surface area contributed by atoms with Crippen LogP contribution < -0.4 is 25.6 Å². The topological polar surface area (TPSA) is 121 Å². The van der Waals surface area contributed by atoms with Gasteiger partial charge in [0, 0.05) is 49.8 Å². The van der Waals surface area contributed by atoms with Crippen molar-refractivity contribution in [2.45, 2.75) is 6.42 Å². The van der Waals surface area contributed by atoms with Crippen LogP contribution in [0.15, 0.2) is 60.9 Å². The van der Waals surface area contributed by atoms with E-state index >= 15 is 0 Å². The summed E-state index contributed by atoms with van der Waals surface area (Å²) >= 11 is 0. The molecule has 10 nitrogen and oxygen atoms in total. The van der Waals surface area contributed by atoms with Crippen LogP contribution in [0.4, 0.5) is 23.0 Å². The third kappa shape index (κ3) is 5.73. The second kappa shape index (κ2) is 10.4. The highest BCUT2D eigenvalue weighted by Crippen LogP contribution is 2.26. The molecule has 1 saturated heterocycles. The summed E-state index contributed by atoms with van der Waals surface area (Å²) in [5.41, 5.74) is 1.64. The number of amides is 2. The van der Waals surface area contributed by atoms with Gasteiger partial charge in [0.25, 0.3) is 0 Å². The molecule has 0 bridgehead atoms. The lowest BCUT2D eigenvalue weighted by Crippen LogP contribution is -2.35. The number of nitrogens with one attached hydrogen (secondary N) is 3. The lowest BCUT2D eigenvalue weighted by Gasteiger charge is -2.17. The molecule has 3 heterocycles. The quantitative estimate of drug-likeness (QED) is 0.427. The van der Waals surface area contributed by atoms with Gasteiger partial charge in [-0.15, -0.1) is 10.2 Å². The highest BCUT2D eigenvalue weighted by molar-refractivity contribution is 6.00. The van der Waals surface area contributed by atoms with Crippen molar-refractivity contribution < 1.29 is 14.3 Å². The number of aromatic nitrogens is 3. The van der Waals surface area contributed by atoms with Gasteiger partial charge < -0.3 is 25.6 Å². The Hall–Kier alpha value is -4.21. The van der Waals surface area contributed by atoms with Crippen LogP contribution in [0.25, 0.3) is 0 Å². The largest absolute Gasteiger partial charge is 0.497 e. The second-order valence-electron chi connectivity index (χ2n) is 7.49. The zero-order chi connectivity index (χ0) is 23.0. The van der Waals surface area contributed by atoms with Crippen molar-refractivity contribution >= 4 is 34.8 Å². The molecule has 2 amide bonds. The number of rotatable bonds is 9. The molecule has 0 saturated carbocycles. The molecule has 1 aromatic carbocycles. The number of methoxy groups -OCH3 is 1. The summed E-state index contributed by atoms with van der Waals surface area (Å²) in [7, 11) is 1.59. The molecule has 170 valence electrons. The summed E-state index contributed by atoms with van der Waals surface area (Å²) in [4.78, 5) is 30.5. The van der Waals surface area contributed by atoms with Gasteiger partial charge in [0.15, 0.2) is 5.82 Å². The number of ether oxygens (including phenoxy) is 1. The summed E-state index contributed by atoms with van der Waals surface area (Å²) in [5.74, 6) is 1.37. The predicted molar refractivity (Wildman–Crippen MR) is 125 cm³/mol. The lowest BCUT2D eigenvalue weighted by atomic mass is 10.1. The molecule has 33 heavy (non-hydrogen) atoms. The molecule has 3 aromatic rings. The van der Waals surface area contributed by atoms with E-state index < -0.39 is 0 Å². The Labute approximate surface area is 191 Å². The molecule has 0 unspecified atom stereocenters. The van der Waals surface area contributed by atoms with Crippen LogP contribution in [0, 0.1) is 5.92 Å². The molecule has 1 aliphatic heterocycles. The van der Waals surface area contributed by atoms with Crippen LogP contribution >= 0.6 is 0 Å². The van der Waals surface area contributed by atoms with Gasteiger partial charge >= 0.3 is 0 Å². The van der Waals surface area contributed by atoms with Gasteiger partial charge in [0.05, 0.1) is 13.0 Å². The Morgan fingerprint density at radius 3 is 2.45 bits per heavy atom. The molecule has 1 atom stereocenters. The molecule has 4 rings (SSSR count). The molecule has 0 radical (unpaired) electrons. The summed E-state index contributed by atoms with van der Waals surface area (Å²) < 4.78 is 5.15. The van der Waals surface area contributed by atoms with E-state index in [-0.39, 0.29) is 24.2 Å². The Kier molecular flexibility index (Phi) is 6.93. The van der Waals surface area contributed by atoms with E-state index in [0.717, 1.165) is 17.1 Å². The number of nitrogens with zero attached hydrogens (tertiary/aromatic N) is 4. The maximum absolute atomic E-state index is 12.5. The SMILES string of the molecule is COc1ccc(N2C[C@@H](C(=O)NCCNc3ccc(Nc4ccncc4)nn3)CC2=O)cc1. The van der Waals surface area contributed by atoms with Crippen LogP contribution in [-0.2, 0) is 9.59 Å². The Bertz CT molecular complexity index is 1080.